The first kappa shape index (κ1) is 17.2. The lowest BCUT2D eigenvalue weighted by atomic mass is 10.0. The Morgan fingerprint density at radius 1 is 1.20 bits per heavy atom. The maximum absolute atomic E-state index is 10.9. The van der Waals surface area contributed by atoms with Gasteiger partial charge in [0.05, 0.1) is 12.2 Å². The van der Waals surface area contributed by atoms with Crippen LogP contribution in [0.3, 0.4) is 0 Å². The van der Waals surface area contributed by atoms with Gasteiger partial charge in [0, 0.05) is 11.2 Å². The second-order valence-corrected chi connectivity index (χ2v) is 6.04. The van der Waals surface area contributed by atoms with Gasteiger partial charge < -0.3 is 15.2 Å². The summed E-state index contributed by atoms with van der Waals surface area (Å²) in [6.45, 7) is 0.268. The third kappa shape index (κ3) is 4.09. The molecule has 2 aromatic rings. The first-order valence-corrected chi connectivity index (χ1v) is 8.02. The number of ether oxygens (including phenoxy) is 1. The Kier molecular flexibility index (Phi) is 4.90. The van der Waals surface area contributed by atoms with Gasteiger partial charge in [-0.1, -0.05) is 48.0 Å². The Morgan fingerprint density at radius 3 is 2.52 bits per heavy atom. The molecule has 0 saturated carbocycles. The molecule has 1 atom stereocenters. The lowest BCUT2D eigenvalue weighted by molar-refractivity contribution is -0.0318. The van der Waals surface area contributed by atoms with Gasteiger partial charge in [0.15, 0.2) is 0 Å². The van der Waals surface area contributed by atoms with Crippen LogP contribution in [0.2, 0.25) is 5.02 Å². The number of hydrogen-bond donors (Lipinski definition) is 3. The molecule has 4 N–H and O–H groups in total. The van der Waals surface area contributed by atoms with E-state index in [4.69, 9.17) is 27.2 Å². The van der Waals surface area contributed by atoms with E-state index in [0.717, 1.165) is 16.7 Å². The number of aromatic carboxylic acids is 1. The number of rotatable bonds is 5. The number of benzene rings is 2. The highest BCUT2D eigenvalue weighted by Crippen LogP contribution is 2.23. The Bertz CT molecular complexity index is 846. The summed E-state index contributed by atoms with van der Waals surface area (Å²) in [7, 11) is 0. The summed E-state index contributed by atoms with van der Waals surface area (Å²) in [4.78, 5) is 10.9. The van der Waals surface area contributed by atoms with E-state index >= 15 is 0 Å². The molecule has 6 heteroatoms. The fourth-order valence-corrected chi connectivity index (χ4v) is 2.58. The lowest BCUT2D eigenvalue weighted by Gasteiger charge is -2.30. The molecule has 1 aliphatic heterocycles. The van der Waals surface area contributed by atoms with Crippen molar-refractivity contribution in [1.82, 2.24) is 5.32 Å². The van der Waals surface area contributed by atoms with Crippen molar-refractivity contribution < 1.29 is 14.6 Å². The summed E-state index contributed by atoms with van der Waals surface area (Å²) in [6.07, 6.45) is 5.28. The highest BCUT2D eigenvalue weighted by atomic mass is 35.5. The van der Waals surface area contributed by atoms with E-state index < -0.39 is 11.8 Å². The normalized spacial score (nSPS) is 19.2. The van der Waals surface area contributed by atoms with Crippen LogP contribution in [-0.4, -0.2) is 16.9 Å². The Labute approximate surface area is 150 Å². The number of dihydropyridines is 1. The molecule has 0 fully saturated rings. The van der Waals surface area contributed by atoms with E-state index in [9.17, 15) is 4.79 Å². The van der Waals surface area contributed by atoms with E-state index in [1.165, 1.54) is 0 Å². The van der Waals surface area contributed by atoms with Crippen LogP contribution in [0.15, 0.2) is 66.9 Å². The van der Waals surface area contributed by atoms with Crippen LogP contribution in [0.5, 0.6) is 0 Å². The van der Waals surface area contributed by atoms with Crippen LogP contribution in [0.1, 0.15) is 21.5 Å². The molecule has 0 amide bonds. The predicted octanol–water partition coefficient (Wildman–Crippen LogP) is 3.37. The van der Waals surface area contributed by atoms with Gasteiger partial charge in [0.2, 0.25) is 5.85 Å². The summed E-state index contributed by atoms with van der Waals surface area (Å²) in [5, 5.41) is 12.6. The van der Waals surface area contributed by atoms with E-state index in [2.05, 4.69) is 5.32 Å². The maximum atomic E-state index is 10.9. The number of hydrogen-bond acceptors (Lipinski definition) is 4. The number of nitrogens with two attached hydrogens (primary N) is 1. The molecule has 5 nitrogen and oxygen atoms in total. The number of allylic oxidation sites excluding steroid dienone is 2. The summed E-state index contributed by atoms with van der Waals surface area (Å²) in [5.74, 6) is -2.09. The van der Waals surface area contributed by atoms with Gasteiger partial charge in [0.1, 0.15) is 0 Å². The standard InChI is InChI=1S/C19H17ClN2O3/c20-17-4-2-1-3-16(17)12-25-19(21)10-9-15(11-22-19)13-5-7-14(8-6-13)18(23)24/h1-11,22H,12,21H2,(H,23,24). The molecule has 2 aromatic carbocycles. The van der Waals surface area contributed by atoms with E-state index in [0.29, 0.717) is 5.02 Å². The average Bonchev–Trinajstić information content (AvgIpc) is 2.62. The highest BCUT2D eigenvalue weighted by molar-refractivity contribution is 6.31. The van der Waals surface area contributed by atoms with Gasteiger partial charge >= 0.3 is 5.97 Å². The molecule has 0 saturated heterocycles. The molecular formula is C19H17ClN2O3. The maximum Gasteiger partial charge on any atom is 0.335 e. The number of carboxylic acids is 1. The molecule has 0 radical (unpaired) electrons. The van der Waals surface area contributed by atoms with E-state index in [1.54, 1.807) is 42.6 Å². The molecule has 3 rings (SSSR count). The molecule has 1 heterocycles. The largest absolute Gasteiger partial charge is 0.478 e. The zero-order valence-corrected chi connectivity index (χ0v) is 14.0. The number of nitrogens with one attached hydrogen (secondary N) is 1. The summed E-state index contributed by atoms with van der Waals surface area (Å²) in [5.41, 5.74) is 9.02. The highest BCUT2D eigenvalue weighted by Gasteiger charge is 2.24. The van der Waals surface area contributed by atoms with Gasteiger partial charge in [-0.2, -0.15) is 0 Å². The first-order chi connectivity index (χ1) is 12.0. The third-order valence-electron chi connectivity index (χ3n) is 3.85. The molecule has 1 unspecified atom stereocenters. The van der Waals surface area contributed by atoms with Crippen LogP contribution < -0.4 is 11.1 Å². The number of carboxylic acid groups (broad SMARTS) is 1. The van der Waals surface area contributed by atoms with Gasteiger partial charge in [-0.15, -0.1) is 0 Å². The molecule has 25 heavy (non-hydrogen) atoms. The minimum absolute atomic E-state index is 0.244. The van der Waals surface area contributed by atoms with Crippen LogP contribution >= 0.6 is 11.6 Å². The lowest BCUT2D eigenvalue weighted by Crippen LogP contribution is -2.52. The van der Waals surface area contributed by atoms with Crippen molar-refractivity contribution in [2.24, 2.45) is 5.73 Å². The van der Waals surface area contributed by atoms with E-state index in [1.807, 2.05) is 24.3 Å². The van der Waals surface area contributed by atoms with Crippen molar-refractivity contribution in [3.63, 3.8) is 0 Å². The fourth-order valence-electron chi connectivity index (χ4n) is 2.39. The fraction of sp³-hybridized carbons (Fsp3) is 0.105. The molecule has 1 aliphatic rings. The molecule has 0 spiro atoms. The molecular weight excluding hydrogens is 340 g/mol. The smallest absolute Gasteiger partial charge is 0.335 e. The minimum atomic E-state index is -1.14. The van der Waals surface area contributed by atoms with Crippen molar-refractivity contribution in [2.75, 3.05) is 0 Å². The Morgan fingerprint density at radius 2 is 1.92 bits per heavy atom. The SMILES string of the molecule is NC1(OCc2ccccc2Cl)C=CC(c2ccc(C(=O)O)cc2)=CN1. The van der Waals surface area contributed by atoms with Crippen molar-refractivity contribution in [3.05, 3.63) is 88.6 Å². The van der Waals surface area contributed by atoms with Gasteiger partial charge in [0.25, 0.3) is 0 Å². The van der Waals surface area contributed by atoms with Crippen LogP contribution in [-0.2, 0) is 11.3 Å². The topological polar surface area (TPSA) is 84.6 Å². The second-order valence-electron chi connectivity index (χ2n) is 5.63. The van der Waals surface area contributed by atoms with Gasteiger partial charge in [-0.3, -0.25) is 5.73 Å². The number of halogens is 1. The summed E-state index contributed by atoms with van der Waals surface area (Å²) in [6, 6.07) is 14.0. The quantitative estimate of drug-likeness (QED) is 0.715. The van der Waals surface area contributed by atoms with Crippen molar-refractivity contribution in [2.45, 2.75) is 12.5 Å². The summed E-state index contributed by atoms with van der Waals surface area (Å²) >= 11 is 6.11. The molecule has 0 aliphatic carbocycles. The van der Waals surface area contributed by atoms with Crippen LogP contribution in [0.25, 0.3) is 5.57 Å². The van der Waals surface area contributed by atoms with Crippen molar-refractivity contribution >= 4 is 23.1 Å². The van der Waals surface area contributed by atoms with Gasteiger partial charge in [-0.05, 0) is 41.0 Å². The average molecular weight is 357 g/mol. The van der Waals surface area contributed by atoms with Gasteiger partial charge in [-0.25, -0.2) is 4.79 Å². The monoisotopic (exact) mass is 356 g/mol. The van der Waals surface area contributed by atoms with Crippen molar-refractivity contribution in [1.29, 1.82) is 0 Å². The van der Waals surface area contributed by atoms with Crippen LogP contribution in [0.4, 0.5) is 0 Å². The molecule has 0 bridgehead atoms. The molecule has 128 valence electrons. The second kappa shape index (κ2) is 7.11. The zero-order chi connectivity index (χ0) is 17.9. The summed E-state index contributed by atoms with van der Waals surface area (Å²) < 4.78 is 5.75. The van der Waals surface area contributed by atoms with Crippen LogP contribution in [0, 0.1) is 0 Å². The first-order valence-electron chi connectivity index (χ1n) is 7.64. The molecule has 0 aromatic heterocycles. The predicted molar refractivity (Wildman–Crippen MR) is 96.8 cm³/mol. The number of carbonyl (C=O) groups is 1. The third-order valence-corrected chi connectivity index (χ3v) is 4.22. The van der Waals surface area contributed by atoms with Crippen molar-refractivity contribution in [3.8, 4) is 0 Å². The Hall–Kier alpha value is -2.60. The zero-order valence-electron chi connectivity index (χ0n) is 13.3. The minimum Gasteiger partial charge on any atom is -0.478 e. The Balaban J connectivity index is 1.66. The van der Waals surface area contributed by atoms with E-state index in [-0.39, 0.29) is 12.2 Å².